The van der Waals surface area contributed by atoms with Gasteiger partial charge in [-0.2, -0.15) is 0 Å². The fourth-order valence-electron chi connectivity index (χ4n) is 5.13. The standard InChI is InChI=1S/C20H40N2O4S3/c1-3-11-19(17-13-7-5-8-14-17)28(23,24)21-27-22-29(25,26)20(12-4-2)18-15-9-6-10-16-18/h17-22H,3-16H2,1-2H3. The van der Waals surface area contributed by atoms with Crippen molar-refractivity contribution in [3.8, 4) is 0 Å². The summed E-state index contributed by atoms with van der Waals surface area (Å²) < 4.78 is 56.7. The highest BCUT2D eigenvalue weighted by molar-refractivity contribution is 8.14. The molecule has 172 valence electrons. The average Bonchev–Trinajstić information content (AvgIpc) is 2.71. The highest BCUT2D eigenvalue weighted by Crippen LogP contribution is 2.33. The second-order valence-electron chi connectivity index (χ2n) is 8.81. The summed E-state index contributed by atoms with van der Waals surface area (Å²) in [4.78, 5) is 0. The van der Waals surface area contributed by atoms with Crippen LogP contribution in [-0.4, -0.2) is 27.3 Å². The van der Waals surface area contributed by atoms with Crippen molar-refractivity contribution in [2.75, 3.05) is 0 Å². The molecule has 0 spiro atoms. The molecule has 0 aromatic rings. The van der Waals surface area contributed by atoms with Crippen LogP contribution in [0.25, 0.3) is 0 Å². The van der Waals surface area contributed by atoms with Crippen LogP contribution in [0.4, 0.5) is 0 Å². The maximum Gasteiger partial charge on any atom is 0.224 e. The summed E-state index contributed by atoms with van der Waals surface area (Å²) in [6, 6.07) is 0. The summed E-state index contributed by atoms with van der Waals surface area (Å²) in [7, 11) is -7.17. The SMILES string of the molecule is CCCC(C1CCCCC1)S(=O)(=O)NSNS(=O)(=O)C(CCC)C1CCCCC1. The van der Waals surface area contributed by atoms with E-state index in [1.54, 1.807) is 0 Å². The van der Waals surface area contributed by atoms with Gasteiger partial charge in [-0.3, -0.25) is 0 Å². The Kier molecular flexibility index (Phi) is 10.8. The van der Waals surface area contributed by atoms with Crippen molar-refractivity contribution in [3.63, 3.8) is 0 Å². The van der Waals surface area contributed by atoms with E-state index in [1.165, 1.54) is 12.8 Å². The lowest BCUT2D eigenvalue weighted by atomic mass is 9.85. The van der Waals surface area contributed by atoms with Crippen LogP contribution in [-0.2, 0) is 20.0 Å². The van der Waals surface area contributed by atoms with Gasteiger partial charge in [0.1, 0.15) is 0 Å². The molecular weight excluding hydrogens is 428 g/mol. The van der Waals surface area contributed by atoms with E-state index in [4.69, 9.17) is 0 Å². The second kappa shape index (κ2) is 12.3. The Balaban J connectivity index is 1.98. The number of sulfonamides is 2. The summed E-state index contributed by atoms with van der Waals surface area (Å²) >= 11 is 0.628. The summed E-state index contributed by atoms with van der Waals surface area (Å²) in [6.07, 6.45) is 13.3. The third kappa shape index (κ3) is 7.66. The fraction of sp³-hybridized carbons (Fsp3) is 1.00. The molecule has 9 heteroatoms. The molecule has 0 amide bonds. The van der Waals surface area contributed by atoms with Crippen molar-refractivity contribution < 1.29 is 16.8 Å². The molecule has 0 aromatic carbocycles. The molecular formula is C20H40N2O4S3. The van der Waals surface area contributed by atoms with E-state index in [9.17, 15) is 16.8 Å². The second-order valence-corrected chi connectivity index (χ2v) is 13.7. The van der Waals surface area contributed by atoms with Gasteiger partial charge in [-0.25, -0.2) is 16.8 Å². The number of nitrogens with one attached hydrogen (secondary N) is 2. The summed E-state index contributed by atoms with van der Waals surface area (Å²) in [5.74, 6) is 0.349. The Hall–Kier alpha value is 0.170. The molecule has 2 aliphatic carbocycles. The van der Waals surface area contributed by atoms with Crippen LogP contribution in [0.15, 0.2) is 0 Å². The molecule has 2 rings (SSSR count). The maximum atomic E-state index is 12.9. The van der Waals surface area contributed by atoms with Crippen molar-refractivity contribution in [3.05, 3.63) is 0 Å². The van der Waals surface area contributed by atoms with Crippen molar-refractivity contribution in [1.82, 2.24) is 8.25 Å². The first-order valence-corrected chi connectivity index (χ1v) is 15.4. The lowest BCUT2D eigenvalue weighted by molar-refractivity contribution is 0.330. The van der Waals surface area contributed by atoms with Gasteiger partial charge in [0.25, 0.3) is 0 Å². The monoisotopic (exact) mass is 468 g/mol. The minimum atomic E-state index is -3.58. The molecule has 0 bridgehead atoms. The van der Waals surface area contributed by atoms with Gasteiger partial charge in [-0.15, -0.1) is 8.25 Å². The van der Waals surface area contributed by atoms with Gasteiger partial charge in [0.05, 0.1) is 10.5 Å². The highest BCUT2D eigenvalue weighted by atomic mass is 32.3. The molecule has 29 heavy (non-hydrogen) atoms. The lowest BCUT2D eigenvalue weighted by Gasteiger charge is -2.31. The predicted molar refractivity (Wildman–Crippen MR) is 122 cm³/mol. The minimum Gasteiger partial charge on any atom is -0.211 e. The van der Waals surface area contributed by atoms with Gasteiger partial charge in [-0.05, 0) is 50.4 Å². The molecule has 2 unspecified atom stereocenters. The van der Waals surface area contributed by atoms with Gasteiger partial charge in [0, 0.05) is 12.1 Å². The molecule has 0 radical (unpaired) electrons. The quantitative estimate of drug-likeness (QED) is 0.398. The summed E-state index contributed by atoms with van der Waals surface area (Å²) in [5.41, 5.74) is 0. The zero-order valence-electron chi connectivity index (χ0n) is 18.1. The smallest absolute Gasteiger partial charge is 0.211 e. The van der Waals surface area contributed by atoms with E-state index >= 15 is 0 Å². The Labute approximate surface area is 183 Å². The zero-order valence-corrected chi connectivity index (χ0v) is 20.5. The Morgan fingerprint density at radius 3 is 1.34 bits per heavy atom. The van der Waals surface area contributed by atoms with E-state index in [2.05, 4.69) is 8.25 Å². The van der Waals surface area contributed by atoms with Crippen LogP contribution < -0.4 is 8.25 Å². The predicted octanol–water partition coefficient (Wildman–Crippen LogP) is 4.89. The van der Waals surface area contributed by atoms with Crippen LogP contribution in [0.3, 0.4) is 0 Å². The third-order valence-electron chi connectivity index (χ3n) is 6.61. The van der Waals surface area contributed by atoms with Gasteiger partial charge < -0.3 is 0 Å². The van der Waals surface area contributed by atoms with E-state index < -0.39 is 30.5 Å². The van der Waals surface area contributed by atoms with Crippen LogP contribution in [0.2, 0.25) is 0 Å². The highest BCUT2D eigenvalue weighted by Gasteiger charge is 2.36. The number of rotatable bonds is 12. The lowest BCUT2D eigenvalue weighted by Crippen LogP contribution is -2.41. The molecule has 2 saturated carbocycles. The van der Waals surface area contributed by atoms with E-state index in [1.807, 2.05) is 13.8 Å². The summed E-state index contributed by atoms with van der Waals surface area (Å²) in [6.45, 7) is 4.00. The molecule has 2 aliphatic rings. The van der Waals surface area contributed by atoms with Crippen LogP contribution in [0, 0.1) is 11.8 Å². The normalized spacial score (nSPS) is 22.4. The van der Waals surface area contributed by atoms with E-state index in [0.717, 1.165) is 64.2 Å². The maximum absolute atomic E-state index is 12.9. The Morgan fingerprint density at radius 2 is 1.03 bits per heavy atom. The molecule has 0 saturated heterocycles. The molecule has 2 fully saturated rings. The van der Waals surface area contributed by atoms with Crippen molar-refractivity contribution in [1.29, 1.82) is 0 Å². The van der Waals surface area contributed by atoms with Gasteiger partial charge >= 0.3 is 0 Å². The third-order valence-corrected chi connectivity index (χ3v) is 12.0. The Morgan fingerprint density at radius 1 is 0.690 bits per heavy atom. The van der Waals surface area contributed by atoms with E-state index in [0.29, 0.717) is 25.0 Å². The molecule has 0 aliphatic heterocycles. The van der Waals surface area contributed by atoms with Crippen molar-refractivity contribution in [2.24, 2.45) is 11.8 Å². The summed E-state index contributed by atoms with van der Waals surface area (Å²) in [5, 5.41) is -0.871. The van der Waals surface area contributed by atoms with Crippen molar-refractivity contribution in [2.45, 2.75) is 114 Å². The van der Waals surface area contributed by atoms with Gasteiger partial charge in [0.2, 0.25) is 20.0 Å². The number of hydrogen-bond donors (Lipinski definition) is 2. The van der Waals surface area contributed by atoms with Crippen LogP contribution in [0.5, 0.6) is 0 Å². The first-order chi connectivity index (χ1) is 13.8. The van der Waals surface area contributed by atoms with Crippen LogP contribution in [0.1, 0.15) is 104 Å². The van der Waals surface area contributed by atoms with Gasteiger partial charge in [-0.1, -0.05) is 65.2 Å². The zero-order chi connectivity index (χ0) is 21.3. The molecule has 2 N–H and O–H groups in total. The van der Waals surface area contributed by atoms with Crippen molar-refractivity contribution >= 4 is 32.2 Å². The molecule has 6 nitrogen and oxygen atoms in total. The topological polar surface area (TPSA) is 92.3 Å². The Bertz CT molecular complexity index is 612. The first-order valence-electron chi connectivity index (χ1n) is 11.5. The molecule has 2 atom stereocenters. The molecule has 0 aromatic heterocycles. The average molecular weight is 469 g/mol. The minimum absolute atomic E-state index is 0.175. The first kappa shape index (κ1) is 25.4. The molecule has 0 heterocycles. The number of hydrogen-bond acceptors (Lipinski definition) is 5. The van der Waals surface area contributed by atoms with Crippen LogP contribution >= 0.6 is 12.1 Å². The fourth-order valence-corrected chi connectivity index (χ4v) is 10.1. The van der Waals surface area contributed by atoms with Gasteiger partial charge in [0.15, 0.2) is 0 Å². The van der Waals surface area contributed by atoms with E-state index in [-0.39, 0.29) is 11.8 Å². The largest absolute Gasteiger partial charge is 0.224 e.